The Labute approximate surface area is 182 Å². The molecule has 3 aromatic rings. The van der Waals surface area contributed by atoms with E-state index in [-0.39, 0.29) is 5.91 Å². The van der Waals surface area contributed by atoms with Crippen LogP contribution in [-0.2, 0) is 16.0 Å². The van der Waals surface area contributed by atoms with Gasteiger partial charge in [-0.1, -0.05) is 17.7 Å². The molecule has 1 saturated heterocycles. The van der Waals surface area contributed by atoms with Gasteiger partial charge in [0.15, 0.2) is 5.82 Å². The molecular weight excluding hydrogens is 392 g/mol. The molecule has 31 heavy (non-hydrogen) atoms. The zero-order chi connectivity index (χ0) is 21.8. The lowest BCUT2D eigenvalue weighted by Gasteiger charge is -2.27. The highest BCUT2D eigenvalue weighted by Gasteiger charge is 2.17. The Bertz CT molecular complexity index is 1050. The van der Waals surface area contributed by atoms with Crippen molar-refractivity contribution in [2.45, 2.75) is 33.6 Å². The molecule has 0 unspecified atom stereocenters. The van der Waals surface area contributed by atoms with Gasteiger partial charge in [0.1, 0.15) is 12.1 Å². The van der Waals surface area contributed by atoms with Crippen molar-refractivity contribution in [1.82, 2.24) is 19.7 Å². The molecule has 1 N–H and O–H groups in total. The third-order valence-electron chi connectivity index (χ3n) is 5.57. The third kappa shape index (κ3) is 4.91. The number of rotatable bonds is 6. The van der Waals surface area contributed by atoms with Gasteiger partial charge in [0.05, 0.1) is 18.9 Å². The molecule has 8 heteroatoms. The molecule has 4 rings (SSSR count). The van der Waals surface area contributed by atoms with Gasteiger partial charge in [0.2, 0.25) is 5.91 Å². The Morgan fingerprint density at radius 1 is 1.06 bits per heavy atom. The lowest BCUT2D eigenvalue weighted by Crippen LogP contribution is -2.36. The van der Waals surface area contributed by atoms with Crippen LogP contribution in [0.25, 0.3) is 5.82 Å². The minimum atomic E-state index is -0.00737. The van der Waals surface area contributed by atoms with Crippen molar-refractivity contribution in [3.8, 4) is 5.82 Å². The van der Waals surface area contributed by atoms with Gasteiger partial charge in [-0.25, -0.2) is 14.6 Å². The number of hydrogen-bond donors (Lipinski definition) is 1. The van der Waals surface area contributed by atoms with E-state index in [4.69, 9.17) is 4.74 Å². The van der Waals surface area contributed by atoms with Gasteiger partial charge in [0.25, 0.3) is 0 Å². The maximum Gasteiger partial charge on any atom is 0.224 e. The highest BCUT2D eigenvalue weighted by molar-refractivity contribution is 5.90. The predicted octanol–water partition coefficient (Wildman–Crippen LogP) is 3.00. The van der Waals surface area contributed by atoms with Crippen LogP contribution >= 0.6 is 0 Å². The maximum atomic E-state index is 12.4. The summed E-state index contributed by atoms with van der Waals surface area (Å²) in [6, 6.07) is 9.77. The molecule has 8 nitrogen and oxygen atoms in total. The molecule has 1 aromatic carbocycles. The zero-order valence-electron chi connectivity index (χ0n) is 18.3. The Morgan fingerprint density at radius 3 is 2.52 bits per heavy atom. The van der Waals surface area contributed by atoms with Gasteiger partial charge in [-0.05, 0) is 44.9 Å². The first-order chi connectivity index (χ1) is 15.0. The third-order valence-corrected chi connectivity index (χ3v) is 5.57. The molecule has 0 saturated carbocycles. The number of hydrogen-bond acceptors (Lipinski definition) is 6. The molecule has 1 aliphatic heterocycles. The van der Waals surface area contributed by atoms with Crippen LogP contribution in [0, 0.1) is 20.8 Å². The van der Waals surface area contributed by atoms with E-state index in [9.17, 15) is 4.79 Å². The molecule has 0 bridgehead atoms. The van der Waals surface area contributed by atoms with E-state index >= 15 is 0 Å². The van der Waals surface area contributed by atoms with E-state index in [2.05, 4.69) is 25.3 Å². The Balaban J connectivity index is 1.46. The smallest absolute Gasteiger partial charge is 0.224 e. The summed E-state index contributed by atoms with van der Waals surface area (Å²) >= 11 is 0. The van der Waals surface area contributed by atoms with Crippen LogP contribution in [0.15, 0.2) is 36.7 Å². The first-order valence-electron chi connectivity index (χ1n) is 10.6. The summed E-state index contributed by atoms with van der Waals surface area (Å²) in [7, 11) is 0. The number of carbonyl (C=O) groups excluding carboxylic acids is 1. The van der Waals surface area contributed by atoms with E-state index in [0.717, 1.165) is 52.9 Å². The van der Waals surface area contributed by atoms with E-state index in [0.29, 0.717) is 26.1 Å². The van der Waals surface area contributed by atoms with E-state index in [1.54, 1.807) is 6.33 Å². The lowest BCUT2D eigenvalue weighted by molar-refractivity contribution is -0.116. The molecule has 0 atom stereocenters. The Kier molecular flexibility index (Phi) is 6.27. The molecule has 162 valence electrons. The Hall–Kier alpha value is -3.26. The SMILES string of the molecule is Cc1ccc(NC(=O)CCc2c(C)nn(-c3cc(N4CCOCC4)ncn3)c2C)cc1. The average Bonchev–Trinajstić information content (AvgIpc) is 3.08. The van der Waals surface area contributed by atoms with E-state index in [1.165, 1.54) is 0 Å². The first kappa shape index (κ1) is 21.0. The molecule has 0 radical (unpaired) electrons. The number of benzene rings is 1. The lowest BCUT2D eigenvalue weighted by atomic mass is 10.1. The largest absolute Gasteiger partial charge is 0.378 e. The molecule has 3 heterocycles. The number of ether oxygens (including phenoxy) is 1. The van der Waals surface area contributed by atoms with Crippen molar-refractivity contribution in [1.29, 1.82) is 0 Å². The minimum absolute atomic E-state index is 0.00737. The second-order valence-corrected chi connectivity index (χ2v) is 7.81. The fourth-order valence-electron chi connectivity index (χ4n) is 3.78. The molecule has 0 spiro atoms. The summed E-state index contributed by atoms with van der Waals surface area (Å²) in [5, 5.41) is 7.65. The first-order valence-corrected chi connectivity index (χ1v) is 10.6. The highest BCUT2D eigenvalue weighted by atomic mass is 16.5. The number of aryl methyl sites for hydroxylation is 2. The maximum absolute atomic E-state index is 12.4. The van der Waals surface area contributed by atoms with Crippen LogP contribution in [0.1, 0.15) is 28.9 Å². The molecule has 2 aromatic heterocycles. The number of amides is 1. The molecule has 1 amide bonds. The summed E-state index contributed by atoms with van der Waals surface area (Å²) in [5.41, 5.74) is 4.96. The Morgan fingerprint density at radius 2 is 1.77 bits per heavy atom. The number of carbonyl (C=O) groups is 1. The van der Waals surface area contributed by atoms with Crippen LogP contribution in [-0.4, -0.2) is 52.0 Å². The molecular formula is C23H28N6O2. The minimum Gasteiger partial charge on any atom is -0.378 e. The summed E-state index contributed by atoms with van der Waals surface area (Å²) < 4.78 is 7.27. The normalized spacial score (nSPS) is 14.0. The molecule has 1 aliphatic rings. The number of nitrogens with one attached hydrogen (secondary N) is 1. The van der Waals surface area contributed by atoms with Gasteiger partial charge >= 0.3 is 0 Å². The van der Waals surface area contributed by atoms with Crippen molar-refractivity contribution in [3.63, 3.8) is 0 Å². The van der Waals surface area contributed by atoms with Crippen molar-refractivity contribution in [2.75, 3.05) is 36.5 Å². The van der Waals surface area contributed by atoms with E-state index in [1.807, 2.05) is 55.8 Å². The van der Waals surface area contributed by atoms with Crippen LogP contribution < -0.4 is 10.2 Å². The van der Waals surface area contributed by atoms with Gasteiger partial charge in [0, 0.05) is 37.0 Å². The number of nitrogens with zero attached hydrogens (tertiary/aromatic N) is 5. The van der Waals surface area contributed by atoms with Crippen LogP contribution in [0.2, 0.25) is 0 Å². The van der Waals surface area contributed by atoms with Crippen molar-refractivity contribution >= 4 is 17.4 Å². The van der Waals surface area contributed by atoms with Gasteiger partial charge < -0.3 is 15.0 Å². The number of aromatic nitrogens is 4. The highest BCUT2D eigenvalue weighted by Crippen LogP contribution is 2.21. The van der Waals surface area contributed by atoms with Gasteiger partial charge in [-0.15, -0.1) is 0 Å². The monoisotopic (exact) mass is 420 g/mol. The summed E-state index contributed by atoms with van der Waals surface area (Å²) in [6.45, 7) is 9.05. The van der Waals surface area contributed by atoms with Crippen LogP contribution in [0.5, 0.6) is 0 Å². The fourth-order valence-corrected chi connectivity index (χ4v) is 3.78. The zero-order valence-corrected chi connectivity index (χ0v) is 18.3. The van der Waals surface area contributed by atoms with Crippen molar-refractivity contribution < 1.29 is 9.53 Å². The van der Waals surface area contributed by atoms with Crippen molar-refractivity contribution in [2.24, 2.45) is 0 Å². The average molecular weight is 421 g/mol. The summed E-state index contributed by atoms with van der Waals surface area (Å²) in [5.74, 6) is 1.60. The summed E-state index contributed by atoms with van der Waals surface area (Å²) in [6.07, 6.45) is 2.59. The van der Waals surface area contributed by atoms with Crippen molar-refractivity contribution in [3.05, 3.63) is 59.2 Å². The topological polar surface area (TPSA) is 85.2 Å². The van der Waals surface area contributed by atoms with Crippen LogP contribution in [0.4, 0.5) is 11.5 Å². The number of anilines is 2. The number of morpholine rings is 1. The fraction of sp³-hybridized carbons (Fsp3) is 0.391. The molecule has 0 aliphatic carbocycles. The predicted molar refractivity (Wildman–Crippen MR) is 120 cm³/mol. The quantitative estimate of drug-likeness (QED) is 0.660. The van der Waals surface area contributed by atoms with Gasteiger partial charge in [-0.2, -0.15) is 5.10 Å². The summed E-state index contributed by atoms with van der Waals surface area (Å²) in [4.78, 5) is 23.5. The second-order valence-electron chi connectivity index (χ2n) is 7.81. The van der Waals surface area contributed by atoms with Crippen LogP contribution in [0.3, 0.4) is 0 Å². The second kappa shape index (κ2) is 9.26. The van der Waals surface area contributed by atoms with E-state index < -0.39 is 0 Å². The van der Waals surface area contributed by atoms with Gasteiger partial charge in [-0.3, -0.25) is 4.79 Å². The molecule has 1 fully saturated rings. The standard InChI is InChI=1S/C23H28N6O2/c1-16-4-6-19(7-5-16)26-23(30)9-8-20-17(2)27-29(18(20)3)22-14-21(24-15-25-22)28-10-12-31-13-11-28/h4-7,14-15H,8-13H2,1-3H3,(H,26,30).